The second-order valence-corrected chi connectivity index (χ2v) is 6.33. The minimum absolute atomic E-state index is 0.201. The van der Waals surface area contributed by atoms with Crippen molar-refractivity contribution in [2.45, 2.75) is 26.7 Å². The van der Waals surface area contributed by atoms with Crippen LogP contribution in [0.15, 0.2) is 36.4 Å². The van der Waals surface area contributed by atoms with Crippen LogP contribution in [0.2, 0.25) is 5.02 Å². The zero-order chi connectivity index (χ0) is 19.6. The molecule has 6 heteroatoms. The molecule has 27 heavy (non-hydrogen) atoms. The molecule has 2 aromatic rings. The maximum absolute atomic E-state index is 12.5. The largest absolute Gasteiger partial charge is 0.497 e. The van der Waals surface area contributed by atoms with Crippen molar-refractivity contribution in [1.82, 2.24) is 5.32 Å². The van der Waals surface area contributed by atoms with Crippen LogP contribution in [-0.4, -0.2) is 32.8 Å². The fourth-order valence-electron chi connectivity index (χ4n) is 2.52. The summed E-state index contributed by atoms with van der Waals surface area (Å²) < 4.78 is 16.4. The van der Waals surface area contributed by atoms with E-state index in [2.05, 4.69) is 5.32 Å². The SMILES string of the molecule is CCCOc1c(Cl)cc(C(=O)NCCc2ccc(OC)cc2)cc1OCC. The number of amides is 1. The van der Waals surface area contributed by atoms with Crippen molar-refractivity contribution in [1.29, 1.82) is 0 Å². The number of hydrogen-bond acceptors (Lipinski definition) is 4. The van der Waals surface area contributed by atoms with Crippen LogP contribution in [0, 0.1) is 0 Å². The molecule has 2 rings (SSSR count). The van der Waals surface area contributed by atoms with Crippen LogP contribution in [-0.2, 0) is 6.42 Å². The Kier molecular flexibility index (Phi) is 8.27. The lowest BCUT2D eigenvalue weighted by atomic mass is 10.1. The standard InChI is InChI=1S/C21H26ClNO4/c1-4-12-27-20-18(22)13-16(14-19(20)26-5-2)21(24)23-11-10-15-6-8-17(25-3)9-7-15/h6-9,13-14H,4-5,10-12H2,1-3H3,(H,23,24). The molecule has 0 unspecified atom stereocenters. The van der Waals surface area contributed by atoms with Crippen LogP contribution in [0.1, 0.15) is 36.2 Å². The van der Waals surface area contributed by atoms with E-state index in [9.17, 15) is 4.79 Å². The normalized spacial score (nSPS) is 10.4. The highest BCUT2D eigenvalue weighted by atomic mass is 35.5. The predicted molar refractivity (Wildman–Crippen MR) is 107 cm³/mol. The summed E-state index contributed by atoms with van der Waals surface area (Å²) in [7, 11) is 1.63. The van der Waals surface area contributed by atoms with E-state index in [1.54, 1.807) is 19.2 Å². The first-order valence-corrected chi connectivity index (χ1v) is 9.47. The fraction of sp³-hybridized carbons (Fsp3) is 0.381. The molecule has 0 saturated heterocycles. The second kappa shape index (κ2) is 10.7. The Hall–Kier alpha value is -2.40. The van der Waals surface area contributed by atoms with Gasteiger partial charge in [-0.2, -0.15) is 0 Å². The third-order valence-electron chi connectivity index (χ3n) is 3.88. The summed E-state index contributed by atoms with van der Waals surface area (Å²) in [4.78, 5) is 12.5. The average molecular weight is 392 g/mol. The van der Waals surface area contributed by atoms with E-state index in [1.807, 2.05) is 38.1 Å². The van der Waals surface area contributed by atoms with Gasteiger partial charge in [0.2, 0.25) is 0 Å². The topological polar surface area (TPSA) is 56.8 Å². The van der Waals surface area contributed by atoms with Crippen LogP contribution in [0.3, 0.4) is 0 Å². The van der Waals surface area contributed by atoms with Gasteiger partial charge in [-0.25, -0.2) is 0 Å². The first-order valence-electron chi connectivity index (χ1n) is 9.09. The highest BCUT2D eigenvalue weighted by molar-refractivity contribution is 6.32. The highest BCUT2D eigenvalue weighted by Gasteiger charge is 2.16. The van der Waals surface area contributed by atoms with Crippen molar-refractivity contribution in [2.24, 2.45) is 0 Å². The van der Waals surface area contributed by atoms with E-state index < -0.39 is 0 Å². The molecule has 0 spiro atoms. The first-order chi connectivity index (χ1) is 13.1. The Labute approximate surface area is 165 Å². The molecule has 1 amide bonds. The molecule has 0 aliphatic heterocycles. The van der Waals surface area contributed by atoms with Gasteiger partial charge in [0.05, 0.1) is 25.3 Å². The predicted octanol–water partition coefficient (Wildman–Crippen LogP) is 4.51. The molecular weight excluding hydrogens is 366 g/mol. The molecule has 0 aliphatic carbocycles. The van der Waals surface area contributed by atoms with E-state index in [0.29, 0.717) is 41.8 Å². The molecule has 0 heterocycles. The number of rotatable bonds is 10. The zero-order valence-corrected chi connectivity index (χ0v) is 16.8. The monoisotopic (exact) mass is 391 g/mol. The van der Waals surface area contributed by atoms with Gasteiger partial charge >= 0.3 is 0 Å². The van der Waals surface area contributed by atoms with Gasteiger partial charge in [0.15, 0.2) is 11.5 Å². The third-order valence-corrected chi connectivity index (χ3v) is 4.16. The molecule has 1 N–H and O–H groups in total. The summed E-state index contributed by atoms with van der Waals surface area (Å²) in [5.74, 6) is 1.58. The Morgan fingerprint density at radius 1 is 1.11 bits per heavy atom. The Morgan fingerprint density at radius 3 is 2.48 bits per heavy atom. The molecule has 0 bridgehead atoms. The minimum atomic E-state index is -0.201. The number of nitrogens with one attached hydrogen (secondary N) is 1. The quantitative estimate of drug-likeness (QED) is 0.647. The van der Waals surface area contributed by atoms with Gasteiger partial charge in [-0.15, -0.1) is 0 Å². The Morgan fingerprint density at radius 2 is 1.85 bits per heavy atom. The molecule has 0 radical (unpaired) electrons. The van der Waals surface area contributed by atoms with Gasteiger partial charge in [0.25, 0.3) is 5.91 Å². The Bertz CT molecular complexity index is 747. The van der Waals surface area contributed by atoms with Crippen LogP contribution in [0.25, 0.3) is 0 Å². The number of hydrogen-bond donors (Lipinski definition) is 1. The van der Waals surface area contributed by atoms with E-state index >= 15 is 0 Å². The van der Waals surface area contributed by atoms with Gasteiger partial charge in [-0.1, -0.05) is 30.7 Å². The number of benzene rings is 2. The lowest BCUT2D eigenvalue weighted by molar-refractivity contribution is 0.0953. The Balaban J connectivity index is 2.01. The zero-order valence-electron chi connectivity index (χ0n) is 16.0. The van der Waals surface area contributed by atoms with E-state index in [-0.39, 0.29) is 5.91 Å². The molecule has 0 aromatic heterocycles. The number of carbonyl (C=O) groups is 1. The molecule has 0 fully saturated rings. The van der Waals surface area contributed by atoms with Crippen molar-refractivity contribution in [2.75, 3.05) is 26.9 Å². The molecule has 0 aliphatic rings. The summed E-state index contributed by atoms with van der Waals surface area (Å²) in [6, 6.07) is 11.0. The minimum Gasteiger partial charge on any atom is -0.497 e. The summed E-state index contributed by atoms with van der Waals surface area (Å²) >= 11 is 6.31. The van der Waals surface area contributed by atoms with Gasteiger partial charge < -0.3 is 19.5 Å². The lowest BCUT2D eigenvalue weighted by Gasteiger charge is -2.15. The maximum Gasteiger partial charge on any atom is 0.251 e. The summed E-state index contributed by atoms with van der Waals surface area (Å²) in [5, 5.41) is 3.28. The van der Waals surface area contributed by atoms with Gasteiger partial charge in [0.1, 0.15) is 5.75 Å². The number of methoxy groups -OCH3 is 1. The molecular formula is C21H26ClNO4. The van der Waals surface area contributed by atoms with Crippen molar-refractivity contribution in [3.63, 3.8) is 0 Å². The van der Waals surface area contributed by atoms with Gasteiger partial charge in [-0.05, 0) is 49.6 Å². The highest BCUT2D eigenvalue weighted by Crippen LogP contribution is 2.36. The molecule has 146 valence electrons. The molecule has 5 nitrogen and oxygen atoms in total. The smallest absolute Gasteiger partial charge is 0.251 e. The lowest BCUT2D eigenvalue weighted by Crippen LogP contribution is -2.25. The van der Waals surface area contributed by atoms with E-state index in [1.165, 1.54) is 0 Å². The van der Waals surface area contributed by atoms with Crippen molar-refractivity contribution < 1.29 is 19.0 Å². The van der Waals surface area contributed by atoms with Gasteiger partial charge in [-0.3, -0.25) is 4.79 Å². The average Bonchev–Trinajstić information content (AvgIpc) is 2.68. The van der Waals surface area contributed by atoms with E-state index in [0.717, 1.165) is 24.2 Å². The van der Waals surface area contributed by atoms with Crippen molar-refractivity contribution >= 4 is 17.5 Å². The van der Waals surface area contributed by atoms with Crippen LogP contribution in [0.4, 0.5) is 0 Å². The summed E-state index contributed by atoms with van der Waals surface area (Å²) in [5.41, 5.74) is 1.56. The third kappa shape index (κ3) is 6.07. The summed E-state index contributed by atoms with van der Waals surface area (Å²) in [6.07, 6.45) is 1.58. The van der Waals surface area contributed by atoms with Crippen LogP contribution in [0.5, 0.6) is 17.2 Å². The van der Waals surface area contributed by atoms with Crippen molar-refractivity contribution in [3.05, 3.63) is 52.5 Å². The van der Waals surface area contributed by atoms with Crippen molar-refractivity contribution in [3.8, 4) is 17.2 Å². The number of carbonyl (C=O) groups excluding carboxylic acids is 1. The van der Waals surface area contributed by atoms with E-state index in [4.69, 9.17) is 25.8 Å². The number of halogens is 1. The fourth-order valence-corrected chi connectivity index (χ4v) is 2.79. The van der Waals surface area contributed by atoms with Crippen LogP contribution < -0.4 is 19.5 Å². The molecule has 2 aromatic carbocycles. The second-order valence-electron chi connectivity index (χ2n) is 5.92. The van der Waals surface area contributed by atoms with Gasteiger partial charge in [0, 0.05) is 12.1 Å². The number of ether oxygens (including phenoxy) is 3. The molecule has 0 saturated carbocycles. The molecule has 0 atom stereocenters. The summed E-state index contributed by atoms with van der Waals surface area (Å²) in [6.45, 7) is 5.40. The maximum atomic E-state index is 12.5. The first kappa shape index (κ1) is 20.9. The van der Waals surface area contributed by atoms with Crippen LogP contribution >= 0.6 is 11.6 Å².